The van der Waals surface area contributed by atoms with E-state index in [-0.39, 0.29) is 22.4 Å². The van der Waals surface area contributed by atoms with Gasteiger partial charge < -0.3 is 4.74 Å². The van der Waals surface area contributed by atoms with E-state index in [2.05, 4.69) is 15.9 Å². The van der Waals surface area contributed by atoms with Gasteiger partial charge in [0, 0.05) is 16.8 Å². The number of nitro benzene ring substituents is 1. The summed E-state index contributed by atoms with van der Waals surface area (Å²) >= 11 is 5.31. The zero-order chi connectivity index (χ0) is 14.6. The lowest BCUT2D eigenvalue weighted by molar-refractivity contribution is -0.386. The molecule has 102 valence electrons. The standard InChI is InChI=1S/C12H12BrIN2O3/c1-12(2,6-13)7-19-11-9(14)3-8(5-15)4-10(11)16(17)18/h3-4H,6-7H2,1-2H3. The highest BCUT2D eigenvalue weighted by Gasteiger charge is 2.24. The maximum Gasteiger partial charge on any atom is 0.313 e. The van der Waals surface area contributed by atoms with Crippen molar-refractivity contribution in [1.82, 2.24) is 0 Å². The van der Waals surface area contributed by atoms with Gasteiger partial charge in [-0.2, -0.15) is 5.26 Å². The third kappa shape index (κ3) is 4.31. The van der Waals surface area contributed by atoms with Crippen LogP contribution in [0.5, 0.6) is 5.75 Å². The van der Waals surface area contributed by atoms with Crippen LogP contribution in [0.3, 0.4) is 0 Å². The van der Waals surface area contributed by atoms with Crippen LogP contribution < -0.4 is 4.74 Å². The van der Waals surface area contributed by atoms with Crippen molar-refractivity contribution in [3.8, 4) is 11.8 Å². The summed E-state index contributed by atoms with van der Waals surface area (Å²) in [6.45, 7) is 4.33. The Kier molecular flexibility index (Phi) is 5.55. The first-order valence-corrected chi connectivity index (χ1v) is 7.57. The van der Waals surface area contributed by atoms with E-state index < -0.39 is 4.92 Å². The normalized spacial score (nSPS) is 10.9. The van der Waals surface area contributed by atoms with Crippen LogP contribution >= 0.6 is 38.5 Å². The van der Waals surface area contributed by atoms with Crippen molar-refractivity contribution in [2.45, 2.75) is 13.8 Å². The van der Waals surface area contributed by atoms with Crippen molar-refractivity contribution in [3.05, 3.63) is 31.4 Å². The Morgan fingerprint density at radius 3 is 2.68 bits per heavy atom. The average molecular weight is 439 g/mol. The van der Waals surface area contributed by atoms with E-state index in [0.717, 1.165) is 5.33 Å². The quantitative estimate of drug-likeness (QED) is 0.302. The van der Waals surface area contributed by atoms with Gasteiger partial charge in [-0.1, -0.05) is 29.8 Å². The Hall–Kier alpha value is -0.880. The van der Waals surface area contributed by atoms with Gasteiger partial charge in [0.15, 0.2) is 0 Å². The van der Waals surface area contributed by atoms with Crippen LogP contribution in [0.4, 0.5) is 5.69 Å². The highest BCUT2D eigenvalue weighted by molar-refractivity contribution is 14.1. The van der Waals surface area contributed by atoms with Crippen molar-refractivity contribution >= 4 is 44.2 Å². The van der Waals surface area contributed by atoms with Crippen LogP contribution in [-0.4, -0.2) is 16.9 Å². The van der Waals surface area contributed by atoms with Gasteiger partial charge in [-0.25, -0.2) is 0 Å². The molecule has 5 nitrogen and oxygen atoms in total. The lowest BCUT2D eigenvalue weighted by Crippen LogP contribution is -2.23. The first-order chi connectivity index (χ1) is 8.80. The average Bonchev–Trinajstić information content (AvgIpc) is 2.36. The third-order valence-electron chi connectivity index (χ3n) is 2.32. The lowest BCUT2D eigenvalue weighted by atomic mass is 9.98. The minimum Gasteiger partial charge on any atom is -0.485 e. The van der Waals surface area contributed by atoms with Crippen molar-refractivity contribution in [2.75, 3.05) is 11.9 Å². The van der Waals surface area contributed by atoms with Gasteiger partial charge in [0.2, 0.25) is 5.75 Å². The monoisotopic (exact) mass is 438 g/mol. The molecule has 0 spiro atoms. The van der Waals surface area contributed by atoms with E-state index in [1.54, 1.807) is 6.07 Å². The molecule has 0 aromatic heterocycles. The minimum atomic E-state index is -0.528. The van der Waals surface area contributed by atoms with E-state index in [1.807, 2.05) is 42.5 Å². The Morgan fingerprint density at radius 1 is 1.58 bits per heavy atom. The molecule has 0 aliphatic rings. The number of alkyl halides is 1. The summed E-state index contributed by atoms with van der Waals surface area (Å²) < 4.78 is 6.16. The van der Waals surface area contributed by atoms with Crippen LogP contribution in [0.2, 0.25) is 0 Å². The predicted octanol–water partition coefficient (Wildman–Crippen LogP) is 3.87. The molecule has 0 saturated carbocycles. The SMILES string of the molecule is CC(C)(CBr)COc1c(I)cc(C#N)cc1[N+](=O)[O-]. The molecule has 0 heterocycles. The maximum atomic E-state index is 11.0. The first-order valence-electron chi connectivity index (χ1n) is 5.37. The minimum absolute atomic E-state index is 0.134. The molecule has 0 atom stereocenters. The Morgan fingerprint density at radius 2 is 2.21 bits per heavy atom. The molecule has 0 radical (unpaired) electrons. The maximum absolute atomic E-state index is 11.0. The lowest BCUT2D eigenvalue weighted by Gasteiger charge is -2.22. The number of ether oxygens (including phenoxy) is 1. The van der Waals surface area contributed by atoms with E-state index in [0.29, 0.717) is 10.2 Å². The van der Waals surface area contributed by atoms with Gasteiger partial charge in [0.25, 0.3) is 0 Å². The highest BCUT2D eigenvalue weighted by Crippen LogP contribution is 2.34. The molecule has 1 rings (SSSR count). The van der Waals surface area contributed by atoms with Crippen LogP contribution in [0.1, 0.15) is 19.4 Å². The van der Waals surface area contributed by atoms with Gasteiger partial charge in [0.05, 0.1) is 26.7 Å². The van der Waals surface area contributed by atoms with Crippen LogP contribution in [0.15, 0.2) is 12.1 Å². The van der Waals surface area contributed by atoms with Gasteiger partial charge in [0.1, 0.15) is 0 Å². The second-order valence-corrected chi connectivity index (χ2v) is 6.48. The second kappa shape index (κ2) is 6.52. The molecule has 7 heteroatoms. The molecule has 0 fully saturated rings. The molecule has 19 heavy (non-hydrogen) atoms. The summed E-state index contributed by atoms with van der Waals surface area (Å²) in [6, 6.07) is 4.71. The van der Waals surface area contributed by atoms with Crippen LogP contribution in [-0.2, 0) is 0 Å². The fraction of sp³-hybridized carbons (Fsp3) is 0.417. The Labute approximate surface area is 133 Å². The van der Waals surface area contributed by atoms with E-state index in [1.165, 1.54) is 6.07 Å². The van der Waals surface area contributed by atoms with Crippen LogP contribution in [0.25, 0.3) is 0 Å². The fourth-order valence-electron chi connectivity index (χ4n) is 1.23. The zero-order valence-electron chi connectivity index (χ0n) is 10.4. The smallest absolute Gasteiger partial charge is 0.313 e. The number of hydrogen-bond donors (Lipinski definition) is 0. The molecule has 0 amide bonds. The van der Waals surface area contributed by atoms with Gasteiger partial charge >= 0.3 is 5.69 Å². The molecular weight excluding hydrogens is 427 g/mol. The summed E-state index contributed by atoms with van der Waals surface area (Å²) in [5.74, 6) is 0.221. The predicted molar refractivity (Wildman–Crippen MR) is 83.6 cm³/mol. The Balaban J connectivity index is 3.13. The number of hydrogen-bond acceptors (Lipinski definition) is 4. The van der Waals surface area contributed by atoms with E-state index in [9.17, 15) is 10.1 Å². The first kappa shape index (κ1) is 16.2. The number of halogens is 2. The molecule has 0 unspecified atom stereocenters. The number of nitrogens with zero attached hydrogens (tertiary/aromatic N) is 2. The number of nitriles is 1. The van der Waals surface area contributed by atoms with Crippen molar-refractivity contribution in [1.29, 1.82) is 5.26 Å². The number of rotatable bonds is 5. The molecule has 0 N–H and O–H groups in total. The zero-order valence-corrected chi connectivity index (χ0v) is 14.2. The molecule has 0 aliphatic carbocycles. The molecule has 0 saturated heterocycles. The van der Waals surface area contributed by atoms with Crippen LogP contribution in [0, 0.1) is 30.4 Å². The molecule has 0 aliphatic heterocycles. The van der Waals surface area contributed by atoms with E-state index >= 15 is 0 Å². The molecule has 1 aromatic carbocycles. The summed E-state index contributed by atoms with van der Waals surface area (Å²) in [7, 11) is 0. The fourth-order valence-corrected chi connectivity index (χ4v) is 2.16. The van der Waals surface area contributed by atoms with Crippen molar-refractivity contribution in [2.24, 2.45) is 5.41 Å². The Bertz CT molecular complexity index is 541. The highest BCUT2D eigenvalue weighted by atomic mass is 127. The topological polar surface area (TPSA) is 76.2 Å². The third-order valence-corrected chi connectivity index (χ3v) is 4.64. The van der Waals surface area contributed by atoms with Gasteiger partial charge in [-0.3, -0.25) is 10.1 Å². The van der Waals surface area contributed by atoms with Crippen molar-refractivity contribution in [3.63, 3.8) is 0 Å². The largest absolute Gasteiger partial charge is 0.485 e. The molecule has 1 aromatic rings. The van der Waals surface area contributed by atoms with E-state index in [4.69, 9.17) is 10.00 Å². The number of benzene rings is 1. The summed E-state index contributed by atoms with van der Waals surface area (Å²) in [4.78, 5) is 10.5. The molecular formula is C12H12BrIN2O3. The summed E-state index contributed by atoms with van der Waals surface area (Å²) in [5, 5.41) is 20.6. The second-order valence-electron chi connectivity index (χ2n) is 4.76. The molecule has 0 bridgehead atoms. The van der Waals surface area contributed by atoms with Crippen molar-refractivity contribution < 1.29 is 9.66 Å². The van der Waals surface area contributed by atoms with Gasteiger partial charge in [-0.05, 0) is 28.7 Å². The van der Waals surface area contributed by atoms with Gasteiger partial charge in [-0.15, -0.1) is 0 Å². The summed E-state index contributed by atoms with van der Waals surface area (Å²) in [6.07, 6.45) is 0. The number of nitro groups is 1. The summed E-state index contributed by atoms with van der Waals surface area (Å²) in [5.41, 5.74) is -0.0535.